The van der Waals surface area contributed by atoms with E-state index in [1.165, 1.54) is 12.1 Å². The number of primary amides is 1. The zero-order valence-electron chi connectivity index (χ0n) is 16.7. The third kappa shape index (κ3) is 6.95. The van der Waals surface area contributed by atoms with Crippen LogP contribution in [0.15, 0.2) is 48.5 Å². The molecule has 0 radical (unpaired) electrons. The predicted molar refractivity (Wildman–Crippen MR) is 108 cm³/mol. The lowest BCUT2D eigenvalue weighted by molar-refractivity contribution is -0.153. The molecule has 7 heteroatoms. The van der Waals surface area contributed by atoms with E-state index >= 15 is 0 Å². The van der Waals surface area contributed by atoms with E-state index in [1.54, 1.807) is 17.0 Å². The Morgan fingerprint density at radius 1 is 1.00 bits per heavy atom. The van der Waals surface area contributed by atoms with Gasteiger partial charge in [-0.2, -0.15) is 0 Å². The van der Waals surface area contributed by atoms with Crippen molar-refractivity contribution in [3.63, 3.8) is 0 Å². The number of carbonyl (C=O) groups excluding carboxylic acids is 3. The molecule has 0 bridgehead atoms. The van der Waals surface area contributed by atoms with Gasteiger partial charge in [-0.15, -0.1) is 0 Å². The maximum atomic E-state index is 12.5. The Labute approximate surface area is 170 Å². The quantitative estimate of drug-likeness (QED) is 0.620. The first-order valence-corrected chi connectivity index (χ1v) is 9.41. The summed E-state index contributed by atoms with van der Waals surface area (Å²) in [6, 6.07) is 14.3. The van der Waals surface area contributed by atoms with Gasteiger partial charge in [0.05, 0.1) is 5.56 Å². The molecular formula is C22H26N2O5. The lowest BCUT2D eigenvalue weighted by Gasteiger charge is -2.22. The lowest BCUT2D eigenvalue weighted by Crippen LogP contribution is -2.35. The highest BCUT2D eigenvalue weighted by molar-refractivity contribution is 5.95. The summed E-state index contributed by atoms with van der Waals surface area (Å²) in [7, 11) is 0. The van der Waals surface area contributed by atoms with Crippen molar-refractivity contribution in [3.8, 4) is 5.75 Å². The zero-order valence-corrected chi connectivity index (χ0v) is 16.7. The molecule has 154 valence electrons. The van der Waals surface area contributed by atoms with E-state index < -0.39 is 18.5 Å². The molecule has 0 aliphatic heterocycles. The first kappa shape index (κ1) is 21.9. The van der Waals surface area contributed by atoms with Crippen LogP contribution < -0.4 is 10.5 Å². The summed E-state index contributed by atoms with van der Waals surface area (Å²) < 4.78 is 10.3. The van der Waals surface area contributed by atoms with Gasteiger partial charge in [0.25, 0.3) is 11.8 Å². The molecule has 0 saturated carbocycles. The Balaban J connectivity index is 1.86. The van der Waals surface area contributed by atoms with Gasteiger partial charge < -0.3 is 20.1 Å². The van der Waals surface area contributed by atoms with Crippen LogP contribution in [0, 0.1) is 6.92 Å². The molecule has 0 saturated heterocycles. The molecule has 0 heterocycles. The number of aryl methyl sites for hydroxylation is 1. The van der Waals surface area contributed by atoms with Crippen molar-refractivity contribution in [2.45, 2.75) is 26.8 Å². The highest BCUT2D eigenvalue weighted by Gasteiger charge is 2.17. The first-order chi connectivity index (χ1) is 13.9. The van der Waals surface area contributed by atoms with E-state index in [9.17, 15) is 14.4 Å². The molecular weight excluding hydrogens is 372 g/mol. The molecule has 0 unspecified atom stereocenters. The molecule has 29 heavy (non-hydrogen) atoms. The van der Waals surface area contributed by atoms with Crippen LogP contribution in [0.2, 0.25) is 0 Å². The van der Waals surface area contributed by atoms with Crippen LogP contribution in [-0.2, 0) is 20.9 Å². The minimum atomic E-state index is -0.704. The number of para-hydroxylation sites is 1. The van der Waals surface area contributed by atoms with Crippen molar-refractivity contribution in [2.75, 3.05) is 19.8 Å². The number of benzene rings is 2. The van der Waals surface area contributed by atoms with Crippen LogP contribution >= 0.6 is 0 Å². The summed E-state index contributed by atoms with van der Waals surface area (Å²) in [5.41, 5.74) is 7.59. The van der Waals surface area contributed by atoms with Crippen LogP contribution in [0.1, 0.15) is 34.8 Å². The van der Waals surface area contributed by atoms with Gasteiger partial charge in [-0.25, -0.2) is 4.79 Å². The van der Waals surface area contributed by atoms with E-state index in [1.807, 2.05) is 38.1 Å². The van der Waals surface area contributed by atoms with Gasteiger partial charge in [0.1, 0.15) is 5.75 Å². The maximum absolute atomic E-state index is 12.5. The number of nitrogens with zero attached hydrogens (tertiary/aromatic N) is 1. The van der Waals surface area contributed by atoms with Crippen LogP contribution in [0.3, 0.4) is 0 Å². The smallest absolute Gasteiger partial charge is 0.344 e. The number of hydrogen-bond acceptors (Lipinski definition) is 5. The Morgan fingerprint density at radius 3 is 2.34 bits per heavy atom. The fourth-order valence-corrected chi connectivity index (χ4v) is 2.68. The number of carbonyl (C=O) groups is 3. The van der Waals surface area contributed by atoms with Gasteiger partial charge in [-0.05, 0) is 31.0 Å². The van der Waals surface area contributed by atoms with Gasteiger partial charge in [-0.1, -0.05) is 48.9 Å². The highest BCUT2D eigenvalue weighted by atomic mass is 16.6. The number of hydrogen-bond donors (Lipinski definition) is 1. The van der Waals surface area contributed by atoms with Gasteiger partial charge in [0.2, 0.25) is 0 Å². The Kier molecular flexibility index (Phi) is 8.21. The Bertz CT molecular complexity index is 849. The molecule has 0 spiro atoms. The largest absolute Gasteiger partial charge is 0.481 e. The predicted octanol–water partition coefficient (Wildman–Crippen LogP) is 2.45. The van der Waals surface area contributed by atoms with Crippen molar-refractivity contribution in [3.05, 3.63) is 65.2 Å². The van der Waals surface area contributed by atoms with Gasteiger partial charge in [-0.3, -0.25) is 9.59 Å². The second kappa shape index (κ2) is 10.8. The van der Waals surface area contributed by atoms with Gasteiger partial charge >= 0.3 is 5.97 Å². The molecule has 0 aliphatic rings. The summed E-state index contributed by atoms with van der Waals surface area (Å²) in [6.45, 7) is 4.20. The third-order valence-corrected chi connectivity index (χ3v) is 4.19. The van der Waals surface area contributed by atoms with Crippen LogP contribution in [0.4, 0.5) is 0 Å². The summed E-state index contributed by atoms with van der Waals surface area (Å²) in [6.07, 6.45) is 0.790. The lowest BCUT2D eigenvalue weighted by atomic mass is 10.1. The molecule has 2 N–H and O–H groups in total. The maximum Gasteiger partial charge on any atom is 0.344 e. The number of amides is 2. The van der Waals surface area contributed by atoms with Crippen molar-refractivity contribution in [1.29, 1.82) is 0 Å². The number of esters is 1. The van der Waals surface area contributed by atoms with Crippen molar-refractivity contribution >= 4 is 17.8 Å². The first-order valence-electron chi connectivity index (χ1n) is 9.41. The second-order valence-electron chi connectivity index (χ2n) is 6.61. The molecule has 2 amide bonds. The van der Waals surface area contributed by atoms with Crippen molar-refractivity contribution in [2.24, 2.45) is 5.73 Å². The van der Waals surface area contributed by atoms with Crippen molar-refractivity contribution in [1.82, 2.24) is 4.90 Å². The standard InChI is InChI=1S/C22H26N2O5/c1-3-12-24(13-17-10-8-16(2)9-11-17)20(25)14-29-21(26)15-28-19-7-5-4-6-18(19)22(23)27/h4-11H,3,12-15H2,1-2H3,(H2,23,27). The van der Waals surface area contributed by atoms with Gasteiger partial charge in [0.15, 0.2) is 13.2 Å². The topological polar surface area (TPSA) is 98.9 Å². The van der Waals surface area contributed by atoms with E-state index in [0.29, 0.717) is 13.1 Å². The zero-order chi connectivity index (χ0) is 21.2. The van der Waals surface area contributed by atoms with E-state index in [0.717, 1.165) is 17.5 Å². The monoisotopic (exact) mass is 398 g/mol. The summed E-state index contributed by atoms with van der Waals surface area (Å²) >= 11 is 0. The third-order valence-electron chi connectivity index (χ3n) is 4.19. The van der Waals surface area contributed by atoms with E-state index in [-0.39, 0.29) is 23.8 Å². The second-order valence-corrected chi connectivity index (χ2v) is 6.61. The van der Waals surface area contributed by atoms with E-state index in [2.05, 4.69) is 0 Å². The SMILES string of the molecule is CCCN(Cc1ccc(C)cc1)C(=O)COC(=O)COc1ccccc1C(N)=O. The number of nitrogens with two attached hydrogens (primary N) is 1. The minimum Gasteiger partial charge on any atom is -0.481 e. The Morgan fingerprint density at radius 2 is 1.69 bits per heavy atom. The fourth-order valence-electron chi connectivity index (χ4n) is 2.68. The molecule has 0 fully saturated rings. The molecule has 2 aromatic rings. The van der Waals surface area contributed by atoms with Crippen LogP contribution in [0.25, 0.3) is 0 Å². The Hall–Kier alpha value is -3.35. The fraction of sp³-hybridized carbons (Fsp3) is 0.318. The average molecular weight is 398 g/mol. The van der Waals surface area contributed by atoms with Crippen molar-refractivity contribution < 1.29 is 23.9 Å². The van der Waals surface area contributed by atoms with Gasteiger partial charge in [0, 0.05) is 13.1 Å². The molecule has 7 nitrogen and oxygen atoms in total. The average Bonchev–Trinajstić information content (AvgIpc) is 2.71. The molecule has 0 aromatic heterocycles. The highest BCUT2D eigenvalue weighted by Crippen LogP contribution is 2.17. The van der Waals surface area contributed by atoms with Crippen LogP contribution in [-0.4, -0.2) is 42.4 Å². The summed E-state index contributed by atoms with van der Waals surface area (Å²) in [4.78, 5) is 37.4. The normalized spacial score (nSPS) is 10.3. The minimum absolute atomic E-state index is 0.170. The molecule has 2 aromatic carbocycles. The number of rotatable bonds is 10. The molecule has 2 rings (SSSR count). The molecule has 0 atom stereocenters. The molecule has 0 aliphatic carbocycles. The van der Waals surface area contributed by atoms with E-state index in [4.69, 9.17) is 15.2 Å². The van der Waals surface area contributed by atoms with Crippen LogP contribution in [0.5, 0.6) is 5.75 Å². The summed E-state index contributed by atoms with van der Waals surface area (Å²) in [5.74, 6) is -1.45. The summed E-state index contributed by atoms with van der Waals surface area (Å²) in [5, 5.41) is 0. The number of ether oxygens (including phenoxy) is 2.